The van der Waals surface area contributed by atoms with Gasteiger partial charge >= 0.3 is 0 Å². The number of piperidine rings is 1. The zero-order chi connectivity index (χ0) is 21.0. The monoisotopic (exact) mass is 398 g/mol. The van der Waals surface area contributed by atoms with E-state index in [-0.39, 0.29) is 17.2 Å². The minimum Gasteiger partial charge on any atom is -0.356 e. The van der Waals surface area contributed by atoms with Crippen LogP contribution in [0.1, 0.15) is 58.9 Å². The smallest absolute Gasteiger partial charge is 0.241 e. The summed E-state index contributed by atoms with van der Waals surface area (Å²) in [7, 11) is 0. The van der Waals surface area contributed by atoms with Gasteiger partial charge in [0.25, 0.3) is 0 Å². The highest BCUT2D eigenvalue weighted by Gasteiger charge is 2.27. The van der Waals surface area contributed by atoms with E-state index in [9.17, 15) is 4.79 Å². The second-order valence-corrected chi connectivity index (χ2v) is 9.55. The molecule has 29 heavy (non-hydrogen) atoms. The van der Waals surface area contributed by atoms with Gasteiger partial charge < -0.3 is 9.84 Å². The molecule has 0 aliphatic carbocycles. The molecule has 6 heteroatoms. The maximum Gasteiger partial charge on any atom is 0.241 e. The molecule has 1 atom stereocenters. The maximum absolute atomic E-state index is 12.4. The molecular formula is C23H34N4O2. The Labute approximate surface area is 174 Å². The summed E-state index contributed by atoms with van der Waals surface area (Å²) in [6.45, 7) is 13.8. The molecule has 0 saturated carbocycles. The van der Waals surface area contributed by atoms with Crippen LogP contribution in [0.5, 0.6) is 0 Å². The third kappa shape index (κ3) is 5.89. The number of likely N-dealkylation sites (tertiary alicyclic amines) is 1. The van der Waals surface area contributed by atoms with Crippen molar-refractivity contribution in [2.75, 3.05) is 19.6 Å². The number of carbonyl (C=O) groups excluding carboxylic acids is 1. The molecule has 3 rings (SSSR count). The Morgan fingerprint density at radius 2 is 2.00 bits per heavy atom. The summed E-state index contributed by atoms with van der Waals surface area (Å²) < 4.78 is 5.49. The number of rotatable bonds is 6. The Morgan fingerprint density at radius 1 is 1.28 bits per heavy atom. The van der Waals surface area contributed by atoms with Crippen molar-refractivity contribution in [3.8, 4) is 11.4 Å². The van der Waals surface area contributed by atoms with Crippen LogP contribution in [0.3, 0.4) is 0 Å². The van der Waals surface area contributed by atoms with Crippen molar-refractivity contribution in [1.82, 2.24) is 20.4 Å². The van der Waals surface area contributed by atoms with Crippen molar-refractivity contribution >= 4 is 5.91 Å². The number of nitrogens with zero attached hydrogens (tertiary/aromatic N) is 3. The Bertz CT molecular complexity index is 805. The number of hydrogen-bond donors (Lipinski definition) is 1. The van der Waals surface area contributed by atoms with Crippen molar-refractivity contribution in [3.05, 3.63) is 35.7 Å². The van der Waals surface area contributed by atoms with Crippen LogP contribution < -0.4 is 5.32 Å². The third-order valence-electron chi connectivity index (χ3n) is 5.40. The number of aromatic nitrogens is 2. The molecule has 1 unspecified atom stereocenters. The molecule has 2 heterocycles. The highest BCUT2D eigenvalue weighted by atomic mass is 16.5. The van der Waals surface area contributed by atoms with Gasteiger partial charge in [-0.05, 0) is 36.3 Å². The number of carbonyl (C=O) groups is 1. The van der Waals surface area contributed by atoms with Crippen LogP contribution in [0.2, 0.25) is 0 Å². The van der Waals surface area contributed by atoms with Crippen LogP contribution in [0.15, 0.2) is 28.8 Å². The van der Waals surface area contributed by atoms with Crippen molar-refractivity contribution in [3.63, 3.8) is 0 Å². The van der Waals surface area contributed by atoms with Gasteiger partial charge in [-0.3, -0.25) is 9.69 Å². The maximum atomic E-state index is 12.4. The largest absolute Gasteiger partial charge is 0.356 e. The molecule has 0 spiro atoms. The summed E-state index contributed by atoms with van der Waals surface area (Å²) in [6, 6.07) is 8.34. The normalized spacial score (nSPS) is 18.2. The first kappa shape index (κ1) is 21.5. The molecule has 158 valence electrons. The summed E-state index contributed by atoms with van der Waals surface area (Å²) in [6.07, 6.45) is 1.95. The van der Waals surface area contributed by atoms with Crippen molar-refractivity contribution in [2.24, 2.45) is 11.8 Å². The highest BCUT2D eigenvalue weighted by Crippen LogP contribution is 2.25. The van der Waals surface area contributed by atoms with Gasteiger partial charge in [-0.15, -0.1) is 0 Å². The lowest BCUT2D eigenvalue weighted by molar-refractivity contribution is -0.127. The SMILES string of the molecule is CC(C)CNC(=O)C1CCCN(Cc2nc(-c3ccc(C(C)(C)C)cc3)no2)C1. The average Bonchev–Trinajstić information content (AvgIpc) is 3.14. The number of nitrogens with one attached hydrogen (secondary N) is 1. The van der Waals surface area contributed by atoms with Crippen molar-refractivity contribution < 1.29 is 9.32 Å². The molecule has 1 fully saturated rings. The third-order valence-corrected chi connectivity index (χ3v) is 5.40. The molecule has 1 aromatic heterocycles. The second-order valence-electron chi connectivity index (χ2n) is 9.55. The van der Waals surface area contributed by atoms with Crippen LogP contribution in [0.4, 0.5) is 0 Å². The summed E-state index contributed by atoms with van der Waals surface area (Å²) in [5.41, 5.74) is 2.35. The lowest BCUT2D eigenvalue weighted by atomic mass is 9.87. The molecule has 1 amide bonds. The molecule has 1 aliphatic rings. The van der Waals surface area contributed by atoms with Gasteiger partial charge in [-0.25, -0.2) is 0 Å². The first-order chi connectivity index (χ1) is 13.7. The molecule has 0 bridgehead atoms. The molecule has 0 radical (unpaired) electrons. The number of hydrogen-bond acceptors (Lipinski definition) is 5. The van der Waals surface area contributed by atoms with Crippen LogP contribution in [0, 0.1) is 11.8 Å². The van der Waals surface area contributed by atoms with Gasteiger partial charge in [0.1, 0.15) is 0 Å². The van der Waals surface area contributed by atoms with Gasteiger partial charge in [0, 0.05) is 18.7 Å². The van der Waals surface area contributed by atoms with E-state index in [1.807, 2.05) is 12.1 Å². The molecule has 1 aromatic carbocycles. The molecule has 2 aromatic rings. The van der Waals surface area contributed by atoms with E-state index in [0.29, 0.717) is 24.2 Å². The first-order valence-corrected chi connectivity index (χ1v) is 10.7. The summed E-state index contributed by atoms with van der Waals surface area (Å²) >= 11 is 0. The summed E-state index contributed by atoms with van der Waals surface area (Å²) in [4.78, 5) is 19.2. The lowest BCUT2D eigenvalue weighted by Crippen LogP contribution is -2.43. The standard InChI is InChI=1S/C23H34N4O2/c1-16(2)13-24-22(28)18-7-6-12-27(14-18)15-20-25-21(26-29-20)17-8-10-19(11-9-17)23(3,4)5/h8-11,16,18H,6-7,12-15H2,1-5H3,(H,24,28). The number of benzene rings is 1. The van der Waals surface area contributed by atoms with E-state index >= 15 is 0 Å². The number of amides is 1. The van der Waals surface area contributed by atoms with E-state index in [0.717, 1.165) is 38.0 Å². The van der Waals surface area contributed by atoms with Gasteiger partial charge in [0.15, 0.2) is 0 Å². The summed E-state index contributed by atoms with van der Waals surface area (Å²) in [5, 5.41) is 7.21. The van der Waals surface area contributed by atoms with Crippen LogP contribution in [-0.4, -0.2) is 40.6 Å². The molecule has 6 nitrogen and oxygen atoms in total. The fraction of sp³-hybridized carbons (Fsp3) is 0.609. The van der Waals surface area contributed by atoms with Gasteiger partial charge in [-0.2, -0.15) is 4.98 Å². The van der Waals surface area contributed by atoms with Crippen LogP contribution in [-0.2, 0) is 16.8 Å². The highest BCUT2D eigenvalue weighted by molar-refractivity contribution is 5.78. The van der Waals surface area contributed by atoms with Crippen LogP contribution in [0.25, 0.3) is 11.4 Å². The summed E-state index contributed by atoms with van der Waals surface area (Å²) in [5.74, 6) is 1.88. The van der Waals surface area contributed by atoms with Gasteiger partial charge in [0.05, 0.1) is 12.5 Å². The average molecular weight is 399 g/mol. The van der Waals surface area contributed by atoms with E-state index in [4.69, 9.17) is 4.52 Å². The Balaban J connectivity index is 1.59. The molecular weight excluding hydrogens is 364 g/mol. The minimum atomic E-state index is 0.0369. The Morgan fingerprint density at radius 3 is 2.66 bits per heavy atom. The van der Waals surface area contributed by atoms with Crippen molar-refractivity contribution in [1.29, 1.82) is 0 Å². The van der Waals surface area contributed by atoms with Crippen molar-refractivity contribution in [2.45, 2.75) is 59.4 Å². The molecule has 1 aliphatic heterocycles. The predicted octanol–water partition coefficient (Wildman–Crippen LogP) is 4.02. The zero-order valence-electron chi connectivity index (χ0n) is 18.4. The predicted molar refractivity (Wildman–Crippen MR) is 114 cm³/mol. The van der Waals surface area contributed by atoms with Gasteiger partial charge in [0.2, 0.25) is 17.6 Å². The Hall–Kier alpha value is -2.21. The quantitative estimate of drug-likeness (QED) is 0.796. The van der Waals surface area contributed by atoms with E-state index < -0.39 is 0 Å². The minimum absolute atomic E-state index is 0.0369. The fourth-order valence-electron chi connectivity index (χ4n) is 3.61. The fourth-order valence-corrected chi connectivity index (χ4v) is 3.61. The topological polar surface area (TPSA) is 71.3 Å². The molecule has 1 saturated heterocycles. The van der Waals surface area contributed by atoms with E-state index in [1.54, 1.807) is 0 Å². The van der Waals surface area contributed by atoms with E-state index in [1.165, 1.54) is 5.56 Å². The van der Waals surface area contributed by atoms with Gasteiger partial charge in [-0.1, -0.05) is 64.0 Å². The lowest BCUT2D eigenvalue weighted by Gasteiger charge is -2.31. The molecule has 1 N–H and O–H groups in total. The second kappa shape index (κ2) is 9.08. The van der Waals surface area contributed by atoms with Crippen LogP contribution >= 0.6 is 0 Å². The zero-order valence-corrected chi connectivity index (χ0v) is 18.4. The first-order valence-electron chi connectivity index (χ1n) is 10.7. The Kier molecular flexibility index (Phi) is 6.73. The van der Waals surface area contributed by atoms with E-state index in [2.05, 4.69) is 67.1 Å².